The molecule has 0 aromatic carbocycles. The molecule has 4 heteroatoms. The monoisotopic (exact) mass is 268 g/mol. The zero-order valence-electron chi connectivity index (χ0n) is 9.96. The molecule has 0 amide bonds. The molecule has 0 aliphatic carbocycles. The quantitative estimate of drug-likeness (QED) is 0.735. The van der Waals surface area contributed by atoms with Gasteiger partial charge in [0.25, 0.3) is 0 Å². The van der Waals surface area contributed by atoms with Crippen molar-refractivity contribution >= 4 is 15.9 Å². The number of aliphatic hydroxyl groups is 1. The van der Waals surface area contributed by atoms with Gasteiger partial charge in [0.15, 0.2) is 0 Å². The number of rotatable bonds is 6. The molecule has 14 heavy (non-hydrogen) atoms. The molecule has 1 N–H and O–H groups in total. The van der Waals surface area contributed by atoms with Crippen LogP contribution in [-0.2, 0) is 0 Å². The van der Waals surface area contributed by atoms with E-state index >= 15 is 0 Å². The van der Waals surface area contributed by atoms with Crippen LogP contribution in [0.4, 0.5) is 0 Å². The van der Waals surface area contributed by atoms with Crippen molar-refractivity contribution in [1.82, 2.24) is 9.80 Å². The van der Waals surface area contributed by atoms with E-state index in [4.69, 9.17) is 5.11 Å². The van der Waals surface area contributed by atoms with Gasteiger partial charge < -0.3 is 14.9 Å². The van der Waals surface area contributed by atoms with Gasteiger partial charge in [-0.3, -0.25) is 0 Å². The van der Waals surface area contributed by atoms with E-state index in [2.05, 4.69) is 39.8 Å². The highest BCUT2D eigenvalue weighted by Gasteiger charge is 1.85. The van der Waals surface area contributed by atoms with Crippen molar-refractivity contribution in [3.63, 3.8) is 0 Å². The van der Waals surface area contributed by atoms with Gasteiger partial charge in [0.05, 0.1) is 0 Å². The number of nitrogens with zero attached hydrogens (tertiary/aromatic N) is 2. The highest BCUT2D eigenvalue weighted by atomic mass is 79.9. The molecule has 0 aliphatic heterocycles. The Kier molecular flexibility index (Phi) is 16.0. The average Bonchev–Trinajstić information content (AvgIpc) is 2.12. The molecule has 0 saturated carbocycles. The van der Waals surface area contributed by atoms with Crippen molar-refractivity contribution in [2.24, 2.45) is 0 Å². The summed E-state index contributed by atoms with van der Waals surface area (Å²) in [4.78, 5) is 4.23. The number of halogens is 1. The van der Waals surface area contributed by atoms with Crippen molar-refractivity contribution in [3.05, 3.63) is 0 Å². The van der Waals surface area contributed by atoms with Gasteiger partial charge in [-0.15, -0.1) is 0 Å². The van der Waals surface area contributed by atoms with Crippen LogP contribution in [0.25, 0.3) is 0 Å². The molecule has 0 aromatic rings. The number of alkyl halides is 1. The van der Waals surface area contributed by atoms with Crippen LogP contribution in [0.5, 0.6) is 0 Å². The van der Waals surface area contributed by atoms with Crippen LogP contribution in [0.2, 0.25) is 0 Å². The van der Waals surface area contributed by atoms with Crippen molar-refractivity contribution in [1.29, 1.82) is 0 Å². The van der Waals surface area contributed by atoms with Crippen LogP contribution in [0, 0.1) is 0 Å². The fraction of sp³-hybridized carbons (Fsp3) is 1.00. The molecular formula is C10H25BrN2O. The van der Waals surface area contributed by atoms with E-state index in [1.807, 2.05) is 14.1 Å². The normalized spacial score (nSPS) is 10.3. The highest BCUT2D eigenvalue weighted by Crippen LogP contribution is 1.87. The first-order valence-electron chi connectivity index (χ1n) is 5.00. The molecule has 0 aromatic heterocycles. The number of aliphatic hydroxyl groups excluding tert-OH is 1. The molecule has 0 heterocycles. The minimum Gasteiger partial charge on any atom is -0.396 e. The standard InChI is InChI=1S/C5H12BrN.C5H13NO/c1-7(2)5-3-4-6;1-6(2)4-3-5-7/h3-5H2,1-2H3;7H,3-5H2,1-2H3. The molecule has 0 saturated heterocycles. The van der Waals surface area contributed by atoms with Crippen molar-refractivity contribution < 1.29 is 5.11 Å². The van der Waals surface area contributed by atoms with Crippen LogP contribution < -0.4 is 0 Å². The summed E-state index contributed by atoms with van der Waals surface area (Å²) in [5, 5.41) is 9.40. The Morgan fingerprint density at radius 3 is 1.50 bits per heavy atom. The second kappa shape index (κ2) is 13.4. The Morgan fingerprint density at radius 2 is 1.36 bits per heavy atom. The smallest absolute Gasteiger partial charge is 0.0443 e. The third-order valence-corrected chi connectivity index (χ3v) is 2.06. The van der Waals surface area contributed by atoms with E-state index in [0.29, 0.717) is 6.61 Å². The predicted molar refractivity (Wildman–Crippen MR) is 67.2 cm³/mol. The molecule has 0 unspecified atom stereocenters. The first kappa shape index (κ1) is 16.8. The second-order valence-electron chi connectivity index (χ2n) is 3.73. The van der Waals surface area contributed by atoms with Crippen molar-refractivity contribution in [2.75, 3.05) is 53.2 Å². The van der Waals surface area contributed by atoms with E-state index in [0.717, 1.165) is 18.3 Å². The van der Waals surface area contributed by atoms with Crippen LogP contribution in [0.3, 0.4) is 0 Å². The van der Waals surface area contributed by atoms with E-state index in [-0.39, 0.29) is 0 Å². The maximum absolute atomic E-state index is 8.29. The van der Waals surface area contributed by atoms with E-state index in [9.17, 15) is 0 Å². The van der Waals surface area contributed by atoms with Gasteiger partial charge in [-0.1, -0.05) is 15.9 Å². The summed E-state index contributed by atoms with van der Waals surface area (Å²) in [5.41, 5.74) is 0. The van der Waals surface area contributed by atoms with Crippen LogP contribution in [0.1, 0.15) is 12.8 Å². The SMILES string of the molecule is CN(C)CCCBr.CN(C)CCCO. The molecule has 0 aliphatic rings. The lowest BCUT2D eigenvalue weighted by Gasteiger charge is -2.05. The van der Waals surface area contributed by atoms with E-state index in [1.165, 1.54) is 13.0 Å². The van der Waals surface area contributed by atoms with Crippen LogP contribution >= 0.6 is 15.9 Å². The Labute approximate surface area is 97.2 Å². The summed E-state index contributed by atoms with van der Waals surface area (Å²) >= 11 is 3.35. The summed E-state index contributed by atoms with van der Waals surface area (Å²) in [6.07, 6.45) is 2.12. The van der Waals surface area contributed by atoms with Gasteiger partial charge in [0, 0.05) is 11.9 Å². The largest absolute Gasteiger partial charge is 0.396 e. The number of hydrogen-bond acceptors (Lipinski definition) is 3. The van der Waals surface area contributed by atoms with Gasteiger partial charge in [0.2, 0.25) is 0 Å². The molecular weight excluding hydrogens is 244 g/mol. The fourth-order valence-corrected chi connectivity index (χ4v) is 1.01. The second-order valence-corrected chi connectivity index (χ2v) is 4.52. The minimum absolute atomic E-state index is 0.304. The maximum Gasteiger partial charge on any atom is 0.0443 e. The van der Waals surface area contributed by atoms with E-state index < -0.39 is 0 Å². The summed E-state index contributed by atoms with van der Waals surface area (Å²) in [6, 6.07) is 0. The Morgan fingerprint density at radius 1 is 0.929 bits per heavy atom. The lowest BCUT2D eigenvalue weighted by molar-refractivity contribution is 0.263. The van der Waals surface area contributed by atoms with Gasteiger partial charge in [-0.2, -0.15) is 0 Å². The molecule has 0 bridgehead atoms. The zero-order chi connectivity index (χ0) is 11.4. The molecule has 88 valence electrons. The topological polar surface area (TPSA) is 26.7 Å². The summed E-state index contributed by atoms with van der Waals surface area (Å²) in [7, 11) is 8.16. The molecule has 0 radical (unpaired) electrons. The zero-order valence-corrected chi connectivity index (χ0v) is 11.5. The lowest BCUT2D eigenvalue weighted by Crippen LogP contribution is -2.13. The van der Waals surface area contributed by atoms with Gasteiger partial charge in [-0.05, 0) is 54.1 Å². The minimum atomic E-state index is 0.304. The van der Waals surface area contributed by atoms with E-state index in [1.54, 1.807) is 0 Å². The molecule has 0 rings (SSSR count). The van der Waals surface area contributed by atoms with Crippen LogP contribution in [-0.4, -0.2) is 68.1 Å². The lowest BCUT2D eigenvalue weighted by atomic mass is 10.4. The predicted octanol–water partition coefficient (Wildman–Crippen LogP) is 1.26. The van der Waals surface area contributed by atoms with Gasteiger partial charge in [-0.25, -0.2) is 0 Å². The summed E-state index contributed by atoms with van der Waals surface area (Å²) < 4.78 is 0. The first-order chi connectivity index (χ1) is 6.54. The first-order valence-corrected chi connectivity index (χ1v) is 6.13. The Hall–Kier alpha value is 0.360. The van der Waals surface area contributed by atoms with Gasteiger partial charge in [0.1, 0.15) is 0 Å². The van der Waals surface area contributed by atoms with Crippen molar-refractivity contribution in [2.45, 2.75) is 12.8 Å². The fourth-order valence-electron chi connectivity index (χ4n) is 0.763. The third kappa shape index (κ3) is 22.8. The molecule has 3 nitrogen and oxygen atoms in total. The molecule has 0 spiro atoms. The third-order valence-electron chi connectivity index (χ3n) is 1.50. The summed E-state index contributed by atoms with van der Waals surface area (Å²) in [6.45, 7) is 2.47. The van der Waals surface area contributed by atoms with Crippen molar-refractivity contribution in [3.8, 4) is 0 Å². The summed E-state index contributed by atoms with van der Waals surface area (Å²) in [5.74, 6) is 0. The highest BCUT2D eigenvalue weighted by molar-refractivity contribution is 9.09. The maximum atomic E-state index is 8.29. The molecule has 0 atom stereocenters. The average molecular weight is 269 g/mol. The molecule has 0 fully saturated rings. The van der Waals surface area contributed by atoms with Gasteiger partial charge >= 0.3 is 0 Å². The van der Waals surface area contributed by atoms with Crippen LogP contribution in [0.15, 0.2) is 0 Å². The number of hydrogen-bond donors (Lipinski definition) is 1. The Bertz CT molecular complexity index is 88.1. The Balaban J connectivity index is 0.